The Morgan fingerprint density at radius 3 is 2.58 bits per heavy atom. The molecular formula is C17H22N2. The van der Waals surface area contributed by atoms with Crippen LogP contribution in [0.5, 0.6) is 0 Å². The molecule has 0 amide bonds. The van der Waals surface area contributed by atoms with E-state index in [1.165, 1.54) is 16.7 Å². The van der Waals surface area contributed by atoms with Crippen LogP contribution in [-0.2, 0) is 12.8 Å². The summed E-state index contributed by atoms with van der Waals surface area (Å²) in [5, 5.41) is 3.42. The third-order valence-electron chi connectivity index (χ3n) is 3.55. The summed E-state index contributed by atoms with van der Waals surface area (Å²) in [6.45, 7) is 4.27. The predicted octanol–water partition coefficient (Wildman–Crippen LogP) is 3.46. The zero-order valence-corrected chi connectivity index (χ0v) is 12.0. The van der Waals surface area contributed by atoms with Gasteiger partial charge in [0.15, 0.2) is 0 Å². The third kappa shape index (κ3) is 3.42. The average Bonchev–Trinajstić information content (AvgIpc) is 2.46. The van der Waals surface area contributed by atoms with E-state index >= 15 is 0 Å². The van der Waals surface area contributed by atoms with Crippen molar-refractivity contribution in [2.45, 2.75) is 32.7 Å². The van der Waals surface area contributed by atoms with Gasteiger partial charge in [0.25, 0.3) is 0 Å². The monoisotopic (exact) mass is 254 g/mol. The number of nitrogens with one attached hydrogen (secondary N) is 1. The highest BCUT2D eigenvalue weighted by molar-refractivity contribution is 5.31. The lowest BCUT2D eigenvalue weighted by Gasteiger charge is -2.19. The summed E-state index contributed by atoms with van der Waals surface area (Å²) in [4.78, 5) is 4.51. The zero-order valence-electron chi connectivity index (χ0n) is 12.0. The van der Waals surface area contributed by atoms with E-state index in [0.29, 0.717) is 6.04 Å². The molecule has 2 heteroatoms. The van der Waals surface area contributed by atoms with E-state index in [9.17, 15) is 0 Å². The Hall–Kier alpha value is -1.67. The van der Waals surface area contributed by atoms with Crippen molar-refractivity contribution in [1.29, 1.82) is 0 Å². The summed E-state index contributed by atoms with van der Waals surface area (Å²) >= 11 is 0. The maximum absolute atomic E-state index is 4.51. The Bertz CT molecular complexity index is 517. The van der Waals surface area contributed by atoms with Crippen molar-refractivity contribution in [3.05, 3.63) is 65.0 Å². The molecule has 0 fully saturated rings. The Morgan fingerprint density at radius 2 is 1.95 bits per heavy atom. The van der Waals surface area contributed by atoms with Gasteiger partial charge in [0.05, 0.1) is 0 Å². The molecule has 0 radical (unpaired) electrons. The molecule has 2 rings (SSSR count). The molecule has 0 spiro atoms. The first-order valence-electron chi connectivity index (χ1n) is 6.91. The molecule has 1 aromatic carbocycles. The number of aryl methyl sites for hydroxylation is 2. The van der Waals surface area contributed by atoms with Crippen molar-refractivity contribution in [1.82, 2.24) is 10.3 Å². The highest BCUT2D eigenvalue weighted by Crippen LogP contribution is 2.21. The van der Waals surface area contributed by atoms with Gasteiger partial charge in [-0.05, 0) is 43.1 Å². The number of rotatable bonds is 5. The molecule has 0 aliphatic heterocycles. The Labute approximate surface area is 115 Å². The lowest BCUT2D eigenvalue weighted by Crippen LogP contribution is -2.20. The summed E-state index contributed by atoms with van der Waals surface area (Å²) in [6, 6.07) is 13.2. The SMILES string of the molecule is CCc1ccccc1C(Cc1ccc(C)cn1)NC. The van der Waals surface area contributed by atoms with E-state index in [-0.39, 0.29) is 0 Å². The van der Waals surface area contributed by atoms with Crippen molar-refractivity contribution in [3.8, 4) is 0 Å². The predicted molar refractivity (Wildman–Crippen MR) is 80.3 cm³/mol. The fourth-order valence-corrected chi connectivity index (χ4v) is 2.39. The van der Waals surface area contributed by atoms with Crippen LogP contribution in [0.3, 0.4) is 0 Å². The number of hydrogen-bond donors (Lipinski definition) is 1. The largest absolute Gasteiger partial charge is 0.313 e. The third-order valence-corrected chi connectivity index (χ3v) is 3.55. The maximum atomic E-state index is 4.51. The van der Waals surface area contributed by atoms with Gasteiger partial charge < -0.3 is 5.32 Å². The summed E-state index contributed by atoms with van der Waals surface area (Å²) in [7, 11) is 2.02. The molecule has 100 valence electrons. The topological polar surface area (TPSA) is 24.9 Å². The lowest BCUT2D eigenvalue weighted by atomic mass is 9.95. The fourth-order valence-electron chi connectivity index (χ4n) is 2.39. The van der Waals surface area contributed by atoms with Crippen LogP contribution >= 0.6 is 0 Å². The number of benzene rings is 1. The van der Waals surface area contributed by atoms with Crippen LogP contribution in [0.4, 0.5) is 0 Å². The highest BCUT2D eigenvalue weighted by atomic mass is 14.9. The molecule has 0 saturated heterocycles. The number of likely N-dealkylation sites (N-methyl/N-ethyl adjacent to an activating group) is 1. The van der Waals surface area contributed by atoms with Gasteiger partial charge in [-0.15, -0.1) is 0 Å². The first-order chi connectivity index (χ1) is 9.24. The normalized spacial score (nSPS) is 12.4. The van der Waals surface area contributed by atoms with Gasteiger partial charge in [-0.25, -0.2) is 0 Å². The van der Waals surface area contributed by atoms with Gasteiger partial charge in [-0.1, -0.05) is 37.3 Å². The molecule has 1 atom stereocenters. The van der Waals surface area contributed by atoms with Crippen LogP contribution in [0.15, 0.2) is 42.6 Å². The quantitative estimate of drug-likeness (QED) is 0.884. The van der Waals surface area contributed by atoms with Gasteiger partial charge in [0, 0.05) is 24.4 Å². The van der Waals surface area contributed by atoms with Crippen molar-refractivity contribution in [2.24, 2.45) is 0 Å². The van der Waals surface area contributed by atoms with E-state index in [2.05, 4.69) is 60.5 Å². The van der Waals surface area contributed by atoms with Gasteiger partial charge in [-0.3, -0.25) is 4.98 Å². The van der Waals surface area contributed by atoms with Crippen LogP contribution in [-0.4, -0.2) is 12.0 Å². The minimum absolute atomic E-state index is 0.325. The van der Waals surface area contributed by atoms with Crippen molar-refractivity contribution >= 4 is 0 Å². The molecule has 0 aliphatic carbocycles. The average molecular weight is 254 g/mol. The number of hydrogen-bond acceptors (Lipinski definition) is 2. The highest BCUT2D eigenvalue weighted by Gasteiger charge is 2.13. The molecule has 0 bridgehead atoms. The van der Waals surface area contributed by atoms with Crippen LogP contribution < -0.4 is 5.32 Å². The smallest absolute Gasteiger partial charge is 0.0422 e. The molecule has 1 N–H and O–H groups in total. The van der Waals surface area contributed by atoms with Crippen LogP contribution in [0, 0.1) is 6.92 Å². The Kier molecular flexibility index (Phi) is 4.69. The summed E-state index contributed by atoms with van der Waals surface area (Å²) in [5.41, 5.74) is 5.14. The van der Waals surface area contributed by atoms with Crippen LogP contribution in [0.2, 0.25) is 0 Å². The molecule has 1 heterocycles. The molecular weight excluding hydrogens is 232 g/mol. The lowest BCUT2D eigenvalue weighted by molar-refractivity contribution is 0.579. The second-order valence-electron chi connectivity index (χ2n) is 4.92. The van der Waals surface area contributed by atoms with E-state index in [1.807, 2.05) is 13.2 Å². The van der Waals surface area contributed by atoms with E-state index in [4.69, 9.17) is 0 Å². The Morgan fingerprint density at radius 1 is 1.16 bits per heavy atom. The van der Waals surface area contributed by atoms with Crippen molar-refractivity contribution in [2.75, 3.05) is 7.05 Å². The Balaban J connectivity index is 2.22. The number of pyridine rings is 1. The van der Waals surface area contributed by atoms with E-state index < -0.39 is 0 Å². The maximum Gasteiger partial charge on any atom is 0.0422 e. The molecule has 19 heavy (non-hydrogen) atoms. The minimum atomic E-state index is 0.325. The molecule has 0 aliphatic rings. The molecule has 2 aromatic rings. The minimum Gasteiger partial charge on any atom is -0.313 e. The van der Waals surface area contributed by atoms with Gasteiger partial charge >= 0.3 is 0 Å². The summed E-state index contributed by atoms with van der Waals surface area (Å²) in [6.07, 6.45) is 3.93. The van der Waals surface area contributed by atoms with Crippen LogP contribution in [0.1, 0.15) is 35.3 Å². The van der Waals surface area contributed by atoms with Crippen LogP contribution in [0.25, 0.3) is 0 Å². The molecule has 1 unspecified atom stereocenters. The van der Waals surface area contributed by atoms with Gasteiger partial charge in [0.1, 0.15) is 0 Å². The van der Waals surface area contributed by atoms with E-state index in [1.54, 1.807) is 0 Å². The summed E-state index contributed by atoms with van der Waals surface area (Å²) in [5.74, 6) is 0. The molecule has 1 aromatic heterocycles. The van der Waals surface area contributed by atoms with Crippen molar-refractivity contribution < 1.29 is 0 Å². The zero-order chi connectivity index (χ0) is 13.7. The number of nitrogens with zero attached hydrogens (tertiary/aromatic N) is 1. The van der Waals surface area contributed by atoms with Gasteiger partial charge in [-0.2, -0.15) is 0 Å². The second-order valence-corrected chi connectivity index (χ2v) is 4.92. The first kappa shape index (κ1) is 13.8. The standard InChI is InChI=1S/C17H22N2/c1-4-14-7-5-6-8-16(14)17(18-3)11-15-10-9-13(2)12-19-15/h5-10,12,17-18H,4,11H2,1-3H3. The molecule has 2 nitrogen and oxygen atoms in total. The number of aromatic nitrogens is 1. The fraction of sp³-hybridized carbons (Fsp3) is 0.353. The van der Waals surface area contributed by atoms with Crippen molar-refractivity contribution in [3.63, 3.8) is 0 Å². The summed E-state index contributed by atoms with van der Waals surface area (Å²) < 4.78 is 0. The van der Waals surface area contributed by atoms with E-state index in [0.717, 1.165) is 18.5 Å². The molecule has 0 saturated carbocycles. The van der Waals surface area contributed by atoms with Gasteiger partial charge in [0.2, 0.25) is 0 Å². The first-order valence-corrected chi connectivity index (χ1v) is 6.91. The second kappa shape index (κ2) is 6.48.